The van der Waals surface area contributed by atoms with Crippen molar-refractivity contribution in [1.29, 1.82) is 0 Å². The molecule has 0 aromatic carbocycles. The number of aromatic nitrogens is 4. The van der Waals surface area contributed by atoms with E-state index in [4.69, 9.17) is 11.6 Å². The average Bonchev–Trinajstić information content (AvgIpc) is 3.00. The number of nitrogens with one attached hydrogen (secondary N) is 2. The summed E-state index contributed by atoms with van der Waals surface area (Å²) in [4.78, 5) is 18.2. The van der Waals surface area contributed by atoms with E-state index in [0.717, 1.165) is 24.4 Å². The number of imidazole rings is 1. The van der Waals surface area contributed by atoms with Crippen molar-refractivity contribution in [3.63, 3.8) is 0 Å². The predicted octanol–water partition coefficient (Wildman–Crippen LogP) is 1.70. The third-order valence-electron chi connectivity index (χ3n) is 2.87. The summed E-state index contributed by atoms with van der Waals surface area (Å²) in [5.74, 6) is -0.149. The lowest BCUT2D eigenvalue weighted by molar-refractivity contribution is 0.0948. The molecule has 0 saturated carbocycles. The van der Waals surface area contributed by atoms with Gasteiger partial charge in [-0.2, -0.15) is 5.10 Å². The Hall–Kier alpha value is -1.82. The zero-order chi connectivity index (χ0) is 13.8. The molecular weight excluding hydrogens is 266 g/mol. The van der Waals surface area contributed by atoms with Crippen LogP contribution in [-0.4, -0.2) is 32.2 Å². The van der Waals surface area contributed by atoms with E-state index in [0.29, 0.717) is 17.3 Å². The highest BCUT2D eigenvalue weighted by Crippen LogP contribution is 2.18. The third kappa shape index (κ3) is 3.14. The molecule has 2 N–H and O–H groups in total. The second kappa shape index (κ2) is 5.88. The van der Waals surface area contributed by atoms with Gasteiger partial charge in [-0.3, -0.25) is 9.48 Å². The predicted molar refractivity (Wildman–Crippen MR) is 72.2 cm³/mol. The van der Waals surface area contributed by atoms with Crippen molar-refractivity contribution in [1.82, 2.24) is 25.1 Å². The van der Waals surface area contributed by atoms with Crippen molar-refractivity contribution >= 4 is 17.5 Å². The Labute approximate surface area is 116 Å². The van der Waals surface area contributed by atoms with Gasteiger partial charge in [0.25, 0.3) is 5.91 Å². The zero-order valence-corrected chi connectivity index (χ0v) is 11.7. The van der Waals surface area contributed by atoms with Gasteiger partial charge < -0.3 is 10.3 Å². The Morgan fingerprint density at radius 1 is 1.53 bits per heavy atom. The van der Waals surface area contributed by atoms with Gasteiger partial charge in [-0.05, 0) is 20.3 Å². The van der Waals surface area contributed by atoms with Gasteiger partial charge in [0.05, 0.1) is 28.9 Å². The summed E-state index contributed by atoms with van der Waals surface area (Å²) < 4.78 is 1.86. The van der Waals surface area contributed by atoms with Crippen molar-refractivity contribution in [3.8, 4) is 0 Å². The minimum Gasteiger partial charge on any atom is -0.351 e. The number of carbonyl (C=O) groups excluding carboxylic acids is 1. The summed E-state index contributed by atoms with van der Waals surface area (Å²) in [5.41, 5.74) is 2.26. The Morgan fingerprint density at radius 2 is 2.32 bits per heavy atom. The summed E-state index contributed by atoms with van der Waals surface area (Å²) in [6.07, 6.45) is 3.76. The van der Waals surface area contributed by atoms with E-state index >= 15 is 0 Å². The lowest BCUT2D eigenvalue weighted by atomic mass is 10.3. The molecule has 19 heavy (non-hydrogen) atoms. The monoisotopic (exact) mass is 281 g/mol. The van der Waals surface area contributed by atoms with Crippen LogP contribution in [0.1, 0.15) is 28.3 Å². The summed E-state index contributed by atoms with van der Waals surface area (Å²) >= 11 is 6.07. The van der Waals surface area contributed by atoms with Gasteiger partial charge in [0.1, 0.15) is 5.69 Å². The van der Waals surface area contributed by atoms with Crippen LogP contribution in [0.2, 0.25) is 5.02 Å². The molecule has 0 aliphatic rings. The molecule has 0 aliphatic carbocycles. The third-order valence-corrected chi connectivity index (χ3v) is 3.42. The van der Waals surface area contributed by atoms with Gasteiger partial charge in [0.2, 0.25) is 0 Å². The summed E-state index contributed by atoms with van der Waals surface area (Å²) in [6.45, 7) is 5.12. The van der Waals surface area contributed by atoms with Crippen LogP contribution in [0.3, 0.4) is 0 Å². The fraction of sp³-hybridized carbons (Fsp3) is 0.417. The SMILES string of the molecule is Cc1nn(CCCNC(=O)c2cnc[nH]2)c(C)c1Cl. The number of hydrogen-bond donors (Lipinski definition) is 2. The molecule has 0 aliphatic heterocycles. The van der Waals surface area contributed by atoms with E-state index in [-0.39, 0.29) is 5.91 Å². The second-order valence-corrected chi connectivity index (χ2v) is 4.66. The highest BCUT2D eigenvalue weighted by molar-refractivity contribution is 6.31. The minimum atomic E-state index is -0.149. The molecule has 0 spiro atoms. The molecule has 0 fully saturated rings. The molecule has 2 rings (SSSR count). The first-order valence-electron chi connectivity index (χ1n) is 6.05. The Balaban J connectivity index is 1.78. The standard InChI is InChI=1S/C12H16ClN5O/c1-8-11(13)9(2)18(17-8)5-3-4-15-12(19)10-6-14-7-16-10/h6-7H,3-5H2,1-2H3,(H,14,16)(H,15,19). The lowest BCUT2D eigenvalue weighted by Gasteiger charge is -2.05. The number of nitrogens with zero attached hydrogens (tertiary/aromatic N) is 3. The topological polar surface area (TPSA) is 75.6 Å². The van der Waals surface area contributed by atoms with E-state index < -0.39 is 0 Å². The first-order valence-corrected chi connectivity index (χ1v) is 6.43. The van der Waals surface area contributed by atoms with Crippen molar-refractivity contribution in [2.24, 2.45) is 0 Å². The van der Waals surface area contributed by atoms with E-state index in [9.17, 15) is 4.79 Å². The summed E-state index contributed by atoms with van der Waals surface area (Å²) in [7, 11) is 0. The molecule has 0 atom stereocenters. The molecule has 7 heteroatoms. The van der Waals surface area contributed by atoms with Gasteiger partial charge >= 0.3 is 0 Å². The minimum absolute atomic E-state index is 0.149. The van der Waals surface area contributed by atoms with Crippen molar-refractivity contribution in [2.75, 3.05) is 6.54 Å². The van der Waals surface area contributed by atoms with Crippen LogP contribution in [0.15, 0.2) is 12.5 Å². The highest BCUT2D eigenvalue weighted by atomic mass is 35.5. The molecule has 0 unspecified atom stereocenters. The van der Waals surface area contributed by atoms with Crippen LogP contribution < -0.4 is 5.32 Å². The fourth-order valence-electron chi connectivity index (χ4n) is 1.80. The van der Waals surface area contributed by atoms with Crippen molar-refractivity contribution in [2.45, 2.75) is 26.8 Å². The zero-order valence-electron chi connectivity index (χ0n) is 10.9. The number of halogens is 1. The van der Waals surface area contributed by atoms with Crippen molar-refractivity contribution in [3.05, 3.63) is 34.6 Å². The first kappa shape index (κ1) is 13.6. The van der Waals surface area contributed by atoms with E-state index in [1.165, 1.54) is 12.5 Å². The number of carbonyl (C=O) groups is 1. The van der Waals surface area contributed by atoms with Gasteiger partial charge in [0, 0.05) is 13.1 Å². The fourth-order valence-corrected chi connectivity index (χ4v) is 1.93. The molecule has 2 aromatic rings. The smallest absolute Gasteiger partial charge is 0.269 e. The Morgan fingerprint density at radius 3 is 2.89 bits per heavy atom. The number of amides is 1. The molecule has 0 bridgehead atoms. The molecule has 0 saturated heterocycles. The second-order valence-electron chi connectivity index (χ2n) is 4.28. The van der Waals surface area contributed by atoms with Gasteiger partial charge in [-0.1, -0.05) is 11.6 Å². The maximum Gasteiger partial charge on any atom is 0.269 e. The number of rotatable bonds is 5. The highest BCUT2D eigenvalue weighted by Gasteiger charge is 2.09. The van der Waals surface area contributed by atoms with Crippen molar-refractivity contribution < 1.29 is 4.79 Å². The quantitative estimate of drug-likeness (QED) is 0.819. The summed E-state index contributed by atoms with van der Waals surface area (Å²) in [5, 5.41) is 7.85. The number of aromatic amines is 1. The van der Waals surface area contributed by atoms with E-state index in [1.54, 1.807) is 0 Å². The Kier molecular flexibility index (Phi) is 4.21. The van der Waals surface area contributed by atoms with Crippen LogP contribution in [-0.2, 0) is 6.54 Å². The lowest BCUT2D eigenvalue weighted by Crippen LogP contribution is -2.25. The molecular formula is C12H16ClN5O. The molecule has 1 amide bonds. The molecule has 102 valence electrons. The molecule has 0 radical (unpaired) electrons. The maximum absolute atomic E-state index is 11.6. The first-order chi connectivity index (χ1) is 9.09. The normalized spacial score (nSPS) is 10.7. The number of H-pyrrole nitrogens is 1. The number of hydrogen-bond acceptors (Lipinski definition) is 3. The van der Waals surface area contributed by atoms with Gasteiger partial charge in [-0.25, -0.2) is 4.98 Å². The van der Waals surface area contributed by atoms with Gasteiger partial charge in [-0.15, -0.1) is 0 Å². The molecule has 6 nitrogen and oxygen atoms in total. The molecule has 2 aromatic heterocycles. The average molecular weight is 282 g/mol. The Bertz CT molecular complexity index is 561. The summed E-state index contributed by atoms with van der Waals surface area (Å²) in [6, 6.07) is 0. The van der Waals surface area contributed by atoms with Gasteiger partial charge in [0.15, 0.2) is 0 Å². The van der Waals surface area contributed by atoms with Crippen LogP contribution >= 0.6 is 11.6 Å². The van der Waals surface area contributed by atoms with E-state index in [2.05, 4.69) is 20.4 Å². The number of aryl methyl sites for hydroxylation is 2. The van der Waals surface area contributed by atoms with Crippen LogP contribution in [0, 0.1) is 13.8 Å². The molecule has 2 heterocycles. The van der Waals surface area contributed by atoms with Crippen LogP contribution in [0.5, 0.6) is 0 Å². The largest absolute Gasteiger partial charge is 0.351 e. The van der Waals surface area contributed by atoms with Crippen LogP contribution in [0.25, 0.3) is 0 Å². The van der Waals surface area contributed by atoms with Crippen LogP contribution in [0.4, 0.5) is 0 Å². The maximum atomic E-state index is 11.6. The van der Waals surface area contributed by atoms with E-state index in [1.807, 2.05) is 18.5 Å².